The Morgan fingerprint density at radius 3 is 1.87 bits per heavy atom. The molecule has 13 nitrogen and oxygen atoms in total. The summed E-state index contributed by atoms with van der Waals surface area (Å²) in [5, 5.41) is 32.9. The molecule has 0 bridgehead atoms. The van der Waals surface area contributed by atoms with Gasteiger partial charge in [0.15, 0.2) is 36.1 Å². The number of hydrogen-bond donors (Lipinski definition) is 3. The van der Waals surface area contributed by atoms with Crippen molar-refractivity contribution in [3.63, 3.8) is 0 Å². The van der Waals surface area contributed by atoms with Crippen molar-refractivity contribution in [2.75, 3.05) is 0 Å². The van der Waals surface area contributed by atoms with Crippen LogP contribution in [-0.2, 0) is 42.8 Å². The molecular formula is C34H48O13. The Labute approximate surface area is 275 Å². The van der Waals surface area contributed by atoms with E-state index in [2.05, 4.69) is 0 Å². The summed E-state index contributed by atoms with van der Waals surface area (Å²) in [6.45, 7) is 16.1. The van der Waals surface area contributed by atoms with E-state index >= 15 is 0 Å². The smallest absolute Gasteiger partial charge is 0.333 e. The van der Waals surface area contributed by atoms with Crippen LogP contribution in [0, 0.1) is 6.92 Å². The summed E-state index contributed by atoms with van der Waals surface area (Å²) in [7, 11) is 0. The van der Waals surface area contributed by atoms with Gasteiger partial charge in [-0.05, 0) is 59.9 Å². The molecule has 0 amide bonds. The SMILES string of the molecule is CC=C(C)C(=O)O[C@H]1[C@H](Oc2c(C(C)C)ccc(C)c2O)O[C@H](C)[C@@H](OC(=O)C(C)=CC)[C@@H]1O[C@@H]1O[C@H](C)[C@H](O)[C@H](OC(C)=O)[C@H]1O. The van der Waals surface area contributed by atoms with E-state index in [0.717, 1.165) is 6.92 Å². The van der Waals surface area contributed by atoms with Crippen molar-refractivity contribution < 1.29 is 62.9 Å². The maximum atomic E-state index is 13.3. The lowest BCUT2D eigenvalue weighted by molar-refractivity contribution is -0.348. The number of benzene rings is 1. The van der Waals surface area contributed by atoms with Crippen LogP contribution in [0.15, 0.2) is 35.4 Å². The first-order valence-corrected chi connectivity index (χ1v) is 15.7. The van der Waals surface area contributed by atoms with E-state index < -0.39 is 79.3 Å². The molecule has 2 saturated heterocycles. The zero-order valence-corrected chi connectivity index (χ0v) is 28.6. The minimum atomic E-state index is -1.71. The van der Waals surface area contributed by atoms with E-state index in [1.165, 1.54) is 19.9 Å². The van der Waals surface area contributed by atoms with Gasteiger partial charge in [-0.3, -0.25) is 4.79 Å². The molecule has 3 N–H and O–H groups in total. The number of phenols is 1. The van der Waals surface area contributed by atoms with E-state index in [1.807, 2.05) is 13.8 Å². The van der Waals surface area contributed by atoms with Gasteiger partial charge < -0.3 is 48.5 Å². The Morgan fingerprint density at radius 2 is 1.34 bits per heavy atom. The highest BCUT2D eigenvalue weighted by molar-refractivity contribution is 5.88. The highest BCUT2D eigenvalue weighted by atomic mass is 16.8. The maximum absolute atomic E-state index is 13.3. The molecule has 10 atom stereocenters. The molecular weight excluding hydrogens is 616 g/mol. The second kappa shape index (κ2) is 16.1. The fourth-order valence-corrected chi connectivity index (χ4v) is 5.15. The van der Waals surface area contributed by atoms with E-state index in [1.54, 1.807) is 52.8 Å². The third-order valence-electron chi connectivity index (χ3n) is 8.32. The average molecular weight is 665 g/mol. The summed E-state index contributed by atoms with van der Waals surface area (Å²) < 4.78 is 41.6. The topological polar surface area (TPSA) is 177 Å². The summed E-state index contributed by atoms with van der Waals surface area (Å²) in [6, 6.07) is 3.55. The van der Waals surface area contributed by atoms with Gasteiger partial charge in [0.2, 0.25) is 6.29 Å². The zero-order chi connectivity index (χ0) is 35.3. The molecule has 1 aromatic rings. The Kier molecular flexibility index (Phi) is 13.0. The highest BCUT2D eigenvalue weighted by Gasteiger charge is 2.55. The quantitative estimate of drug-likeness (QED) is 0.188. The van der Waals surface area contributed by atoms with Crippen LogP contribution in [0.2, 0.25) is 0 Å². The van der Waals surface area contributed by atoms with Crippen LogP contribution in [0.25, 0.3) is 0 Å². The van der Waals surface area contributed by atoms with Crippen molar-refractivity contribution >= 4 is 17.9 Å². The lowest BCUT2D eigenvalue weighted by atomic mass is 9.96. The number of aliphatic hydroxyl groups is 2. The molecule has 2 fully saturated rings. The third kappa shape index (κ3) is 8.71. The van der Waals surface area contributed by atoms with Gasteiger partial charge in [-0.15, -0.1) is 0 Å². The van der Waals surface area contributed by atoms with Gasteiger partial charge in [-0.1, -0.05) is 38.1 Å². The predicted octanol–water partition coefficient (Wildman–Crippen LogP) is 3.49. The average Bonchev–Trinajstić information content (AvgIpc) is 3.02. The molecule has 0 aliphatic carbocycles. The molecule has 0 aromatic heterocycles. The third-order valence-corrected chi connectivity index (χ3v) is 8.32. The minimum absolute atomic E-state index is 0.0924. The predicted molar refractivity (Wildman–Crippen MR) is 167 cm³/mol. The number of esters is 3. The Bertz CT molecular complexity index is 1350. The van der Waals surface area contributed by atoms with Crippen LogP contribution in [0.5, 0.6) is 11.5 Å². The van der Waals surface area contributed by atoms with Gasteiger partial charge >= 0.3 is 17.9 Å². The lowest BCUT2D eigenvalue weighted by Gasteiger charge is -2.47. The van der Waals surface area contributed by atoms with E-state index in [4.69, 9.17) is 33.2 Å². The number of hydrogen-bond acceptors (Lipinski definition) is 13. The van der Waals surface area contributed by atoms with Crippen molar-refractivity contribution in [2.24, 2.45) is 0 Å². The van der Waals surface area contributed by atoms with E-state index in [0.29, 0.717) is 11.1 Å². The normalized spacial score (nSPS) is 31.7. The largest absolute Gasteiger partial charge is 0.504 e. The molecule has 47 heavy (non-hydrogen) atoms. The van der Waals surface area contributed by atoms with Crippen molar-refractivity contribution in [2.45, 2.75) is 137 Å². The highest BCUT2D eigenvalue weighted by Crippen LogP contribution is 2.41. The molecule has 1 aromatic carbocycles. The molecule has 2 aliphatic heterocycles. The van der Waals surface area contributed by atoms with E-state index in [-0.39, 0.29) is 28.6 Å². The van der Waals surface area contributed by atoms with Crippen LogP contribution in [0.1, 0.15) is 79.4 Å². The Morgan fingerprint density at radius 1 is 0.787 bits per heavy atom. The number of aromatic hydroxyl groups is 1. The number of carbonyl (C=O) groups excluding carboxylic acids is 3. The second-order valence-corrected chi connectivity index (χ2v) is 12.2. The maximum Gasteiger partial charge on any atom is 0.333 e. The molecule has 0 unspecified atom stereocenters. The van der Waals surface area contributed by atoms with Crippen LogP contribution < -0.4 is 4.74 Å². The Hall–Kier alpha value is -3.49. The van der Waals surface area contributed by atoms with Gasteiger partial charge in [0.25, 0.3) is 0 Å². The lowest BCUT2D eigenvalue weighted by Crippen LogP contribution is -2.65. The summed E-state index contributed by atoms with van der Waals surface area (Å²) in [5.41, 5.74) is 1.68. The van der Waals surface area contributed by atoms with Gasteiger partial charge in [0, 0.05) is 23.6 Å². The van der Waals surface area contributed by atoms with Crippen LogP contribution in [0.3, 0.4) is 0 Å². The molecule has 0 radical (unpaired) electrons. The van der Waals surface area contributed by atoms with Crippen LogP contribution >= 0.6 is 0 Å². The summed E-state index contributed by atoms with van der Waals surface area (Å²) in [6.07, 6.45) is -10.5. The number of rotatable bonds is 10. The number of phenolic OH excluding ortho intramolecular Hbond substituents is 1. The monoisotopic (exact) mass is 664 g/mol. The summed E-state index contributed by atoms with van der Waals surface area (Å²) in [5.74, 6) is -2.37. The molecule has 0 spiro atoms. The number of ether oxygens (including phenoxy) is 7. The standard InChI is InChI=1S/C34H48O13/c1-11-16(5)31(39)44-26-20(9)42-34(46-27-22(15(3)4)14-13-18(7)23(27)36)30(45-32(40)17(6)12-2)29(26)47-33-25(38)28(43-21(10)35)24(37)19(8)41-33/h11-15,19-20,24-26,28-30,33-34,36-38H,1-10H3/t19-,20-,24+,25-,26-,28+,29+,30-,33+,34+/m1/s1. The van der Waals surface area contributed by atoms with E-state index in [9.17, 15) is 29.7 Å². The summed E-state index contributed by atoms with van der Waals surface area (Å²) in [4.78, 5) is 38.2. The fraction of sp³-hybridized carbons (Fsp3) is 0.618. The van der Waals surface area contributed by atoms with Crippen LogP contribution in [-0.4, -0.2) is 94.6 Å². The summed E-state index contributed by atoms with van der Waals surface area (Å²) >= 11 is 0. The first-order chi connectivity index (χ1) is 22.0. The van der Waals surface area contributed by atoms with Gasteiger partial charge in [0.05, 0.1) is 12.2 Å². The number of carbonyl (C=O) groups is 3. The molecule has 2 heterocycles. The molecule has 13 heteroatoms. The van der Waals surface area contributed by atoms with Crippen molar-refractivity contribution in [1.29, 1.82) is 0 Å². The van der Waals surface area contributed by atoms with Crippen molar-refractivity contribution in [3.05, 3.63) is 46.6 Å². The first kappa shape index (κ1) is 38.0. The van der Waals surface area contributed by atoms with Gasteiger partial charge in [-0.2, -0.15) is 0 Å². The van der Waals surface area contributed by atoms with Gasteiger partial charge in [-0.25, -0.2) is 9.59 Å². The molecule has 0 saturated carbocycles. The number of aliphatic hydroxyl groups excluding tert-OH is 2. The Balaban J connectivity index is 2.17. The number of allylic oxidation sites excluding steroid dienone is 2. The first-order valence-electron chi connectivity index (χ1n) is 15.7. The second-order valence-electron chi connectivity index (χ2n) is 12.2. The van der Waals surface area contributed by atoms with Crippen molar-refractivity contribution in [1.82, 2.24) is 0 Å². The molecule has 2 aliphatic rings. The fourth-order valence-electron chi connectivity index (χ4n) is 5.15. The minimum Gasteiger partial charge on any atom is -0.504 e. The number of aryl methyl sites for hydroxylation is 1. The van der Waals surface area contributed by atoms with Crippen LogP contribution in [0.4, 0.5) is 0 Å². The van der Waals surface area contributed by atoms with Crippen molar-refractivity contribution in [3.8, 4) is 11.5 Å². The molecule has 262 valence electrons. The molecule has 3 rings (SSSR count). The van der Waals surface area contributed by atoms with Gasteiger partial charge in [0.1, 0.15) is 18.3 Å². The zero-order valence-electron chi connectivity index (χ0n) is 28.6.